The first-order valence-corrected chi connectivity index (χ1v) is 6.73. The molecule has 2 rings (SSSR count). The lowest BCUT2D eigenvalue weighted by atomic mass is 9.79. The van der Waals surface area contributed by atoms with Crippen molar-refractivity contribution in [2.45, 2.75) is 45.1 Å². The highest BCUT2D eigenvalue weighted by molar-refractivity contribution is 5.75. The van der Waals surface area contributed by atoms with E-state index in [0.717, 1.165) is 13.0 Å². The summed E-state index contributed by atoms with van der Waals surface area (Å²) in [6.07, 6.45) is 4.91. The van der Waals surface area contributed by atoms with Crippen molar-refractivity contribution in [1.82, 2.24) is 4.90 Å². The topological polar surface area (TPSA) is 49.8 Å². The van der Waals surface area contributed by atoms with Gasteiger partial charge in [-0.1, -0.05) is 6.92 Å². The molecule has 0 aromatic heterocycles. The van der Waals surface area contributed by atoms with Crippen LogP contribution in [-0.4, -0.2) is 48.3 Å². The minimum Gasteiger partial charge on any atom is -0.481 e. The first kappa shape index (κ1) is 12.8. The van der Waals surface area contributed by atoms with E-state index >= 15 is 0 Å². The maximum absolute atomic E-state index is 11.6. The van der Waals surface area contributed by atoms with Gasteiger partial charge in [0.15, 0.2) is 0 Å². The Hall–Kier alpha value is -0.610. The molecular weight excluding hydrogens is 218 g/mol. The van der Waals surface area contributed by atoms with Gasteiger partial charge < -0.3 is 9.84 Å². The molecule has 4 heteroatoms. The highest BCUT2D eigenvalue weighted by Gasteiger charge is 2.43. The van der Waals surface area contributed by atoms with Crippen LogP contribution in [0.25, 0.3) is 0 Å². The third kappa shape index (κ3) is 2.99. The fraction of sp³-hybridized carbons (Fsp3) is 0.923. The van der Waals surface area contributed by atoms with E-state index in [1.807, 2.05) is 0 Å². The lowest BCUT2D eigenvalue weighted by Gasteiger charge is -2.37. The van der Waals surface area contributed by atoms with Gasteiger partial charge in [0.1, 0.15) is 0 Å². The summed E-state index contributed by atoms with van der Waals surface area (Å²) >= 11 is 0. The standard InChI is InChI=1S/C13H23NO3/c1-2-7-14(11-3-4-11)10-13(12(15)16)5-8-17-9-6-13/h11H,2-10H2,1H3,(H,15,16). The lowest BCUT2D eigenvalue weighted by Crippen LogP contribution is -2.47. The van der Waals surface area contributed by atoms with Crippen molar-refractivity contribution in [3.63, 3.8) is 0 Å². The van der Waals surface area contributed by atoms with Gasteiger partial charge in [0.2, 0.25) is 0 Å². The van der Waals surface area contributed by atoms with Crippen LogP contribution in [0.3, 0.4) is 0 Å². The summed E-state index contributed by atoms with van der Waals surface area (Å²) in [6.45, 7) is 5.09. The molecule has 0 amide bonds. The zero-order chi connectivity index (χ0) is 12.3. The predicted molar refractivity (Wildman–Crippen MR) is 65.0 cm³/mol. The molecule has 2 aliphatic rings. The molecule has 0 aromatic rings. The fourth-order valence-electron chi connectivity index (χ4n) is 2.71. The third-order valence-electron chi connectivity index (χ3n) is 3.98. The van der Waals surface area contributed by atoms with Gasteiger partial charge in [0.25, 0.3) is 0 Å². The number of hydrogen-bond donors (Lipinski definition) is 1. The second kappa shape index (κ2) is 5.36. The quantitative estimate of drug-likeness (QED) is 0.769. The number of nitrogens with zero attached hydrogens (tertiary/aromatic N) is 1. The van der Waals surface area contributed by atoms with Crippen LogP contribution in [0.1, 0.15) is 39.0 Å². The normalized spacial score (nSPS) is 23.9. The van der Waals surface area contributed by atoms with Crippen LogP contribution in [0.5, 0.6) is 0 Å². The molecule has 0 bridgehead atoms. The van der Waals surface area contributed by atoms with Crippen molar-refractivity contribution in [3.8, 4) is 0 Å². The third-order valence-corrected chi connectivity index (χ3v) is 3.98. The van der Waals surface area contributed by atoms with Gasteiger partial charge in [0, 0.05) is 25.8 Å². The number of hydrogen-bond acceptors (Lipinski definition) is 3. The van der Waals surface area contributed by atoms with Gasteiger partial charge in [-0.25, -0.2) is 0 Å². The van der Waals surface area contributed by atoms with Gasteiger partial charge in [-0.3, -0.25) is 9.69 Å². The van der Waals surface area contributed by atoms with Crippen molar-refractivity contribution in [3.05, 3.63) is 0 Å². The summed E-state index contributed by atoms with van der Waals surface area (Å²) in [4.78, 5) is 14.0. The zero-order valence-corrected chi connectivity index (χ0v) is 10.7. The summed E-state index contributed by atoms with van der Waals surface area (Å²) in [5.74, 6) is -0.637. The molecule has 1 aliphatic carbocycles. The van der Waals surface area contributed by atoms with Crippen molar-refractivity contribution in [1.29, 1.82) is 0 Å². The molecule has 98 valence electrons. The molecule has 4 nitrogen and oxygen atoms in total. The van der Waals surface area contributed by atoms with Crippen LogP contribution in [0.2, 0.25) is 0 Å². The lowest BCUT2D eigenvalue weighted by molar-refractivity contribution is -0.156. The smallest absolute Gasteiger partial charge is 0.311 e. The number of carboxylic acid groups (broad SMARTS) is 1. The first-order valence-electron chi connectivity index (χ1n) is 6.73. The fourth-order valence-corrected chi connectivity index (χ4v) is 2.71. The minimum atomic E-state index is -0.637. The highest BCUT2D eigenvalue weighted by Crippen LogP contribution is 2.36. The summed E-state index contributed by atoms with van der Waals surface area (Å²) in [5, 5.41) is 9.53. The predicted octanol–water partition coefficient (Wildman–Crippen LogP) is 1.74. The van der Waals surface area contributed by atoms with E-state index in [0.29, 0.717) is 38.6 Å². The van der Waals surface area contributed by atoms with Crippen molar-refractivity contribution < 1.29 is 14.6 Å². The summed E-state index contributed by atoms with van der Waals surface area (Å²) in [7, 11) is 0. The van der Waals surface area contributed by atoms with Gasteiger partial charge in [-0.2, -0.15) is 0 Å². The van der Waals surface area contributed by atoms with Crippen molar-refractivity contribution in [2.75, 3.05) is 26.3 Å². The first-order chi connectivity index (χ1) is 8.18. The maximum Gasteiger partial charge on any atom is 0.311 e. The molecule has 1 aliphatic heterocycles. The Morgan fingerprint density at radius 2 is 2.06 bits per heavy atom. The van der Waals surface area contributed by atoms with Crippen LogP contribution in [0, 0.1) is 5.41 Å². The molecule has 0 radical (unpaired) electrons. The molecule has 0 aromatic carbocycles. The largest absolute Gasteiger partial charge is 0.481 e. The average Bonchev–Trinajstić information content (AvgIpc) is 3.13. The van der Waals surface area contributed by atoms with E-state index in [-0.39, 0.29) is 0 Å². The number of ether oxygens (including phenoxy) is 1. The molecular formula is C13H23NO3. The molecule has 1 saturated carbocycles. The molecule has 2 fully saturated rings. The second-order valence-corrected chi connectivity index (χ2v) is 5.40. The number of carboxylic acids is 1. The molecule has 0 atom stereocenters. The molecule has 17 heavy (non-hydrogen) atoms. The highest BCUT2D eigenvalue weighted by atomic mass is 16.5. The Morgan fingerprint density at radius 1 is 1.41 bits per heavy atom. The summed E-state index contributed by atoms with van der Waals surface area (Å²) < 4.78 is 5.31. The number of aliphatic carboxylic acids is 1. The summed E-state index contributed by atoms with van der Waals surface area (Å²) in [5.41, 5.74) is -0.560. The minimum absolute atomic E-state index is 0.560. The average molecular weight is 241 g/mol. The Kier molecular flexibility index (Phi) is 4.05. The van der Waals surface area contributed by atoms with Crippen molar-refractivity contribution in [2.24, 2.45) is 5.41 Å². The molecule has 1 heterocycles. The van der Waals surface area contributed by atoms with Crippen molar-refractivity contribution >= 4 is 5.97 Å². The van der Waals surface area contributed by atoms with Crippen LogP contribution in [0.4, 0.5) is 0 Å². The Balaban J connectivity index is 2.02. The summed E-state index contributed by atoms with van der Waals surface area (Å²) in [6, 6.07) is 0.647. The van der Waals surface area contributed by atoms with Gasteiger partial charge in [-0.05, 0) is 38.6 Å². The molecule has 0 spiro atoms. The Labute approximate surface area is 103 Å². The maximum atomic E-state index is 11.6. The number of carbonyl (C=O) groups is 1. The SMILES string of the molecule is CCCN(CC1(C(=O)O)CCOCC1)C1CC1. The van der Waals surface area contributed by atoms with Gasteiger partial charge >= 0.3 is 5.97 Å². The Bertz CT molecular complexity index is 270. The van der Waals surface area contributed by atoms with E-state index in [4.69, 9.17) is 4.74 Å². The van der Waals surface area contributed by atoms with Crippen LogP contribution in [-0.2, 0) is 9.53 Å². The van der Waals surface area contributed by atoms with E-state index in [9.17, 15) is 9.90 Å². The Morgan fingerprint density at radius 3 is 2.53 bits per heavy atom. The van der Waals surface area contributed by atoms with Crippen LogP contribution < -0.4 is 0 Å². The monoisotopic (exact) mass is 241 g/mol. The van der Waals surface area contributed by atoms with Gasteiger partial charge in [-0.15, -0.1) is 0 Å². The van der Waals surface area contributed by atoms with Gasteiger partial charge in [0.05, 0.1) is 5.41 Å². The van der Waals surface area contributed by atoms with E-state index < -0.39 is 11.4 Å². The van der Waals surface area contributed by atoms with E-state index in [1.165, 1.54) is 12.8 Å². The van der Waals surface area contributed by atoms with E-state index in [1.54, 1.807) is 0 Å². The second-order valence-electron chi connectivity index (χ2n) is 5.40. The molecule has 0 unspecified atom stereocenters. The van der Waals surface area contributed by atoms with Crippen LogP contribution >= 0.6 is 0 Å². The molecule has 1 N–H and O–H groups in total. The molecule has 1 saturated heterocycles. The van der Waals surface area contributed by atoms with Crippen LogP contribution in [0.15, 0.2) is 0 Å². The zero-order valence-electron chi connectivity index (χ0n) is 10.7. The number of rotatable bonds is 6. The van der Waals surface area contributed by atoms with E-state index in [2.05, 4.69) is 11.8 Å².